The number of amides is 1. The highest BCUT2D eigenvalue weighted by molar-refractivity contribution is 7.89. The molecule has 0 heterocycles. The molecule has 0 saturated heterocycles. The Kier molecular flexibility index (Phi) is 8.35. The van der Waals surface area contributed by atoms with Gasteiger partial charge in [-0.15, -0.1) is 0 Å². The molecular weight excluding hydrogens is 466 g/mol. The normalized spacial score (nSPS) is 11.0. The number of benzene rings is 3. The van der Waals surface area contributed by atoms with E-state index in [1.165, 1.54) is 12.1 Å². The van der Waals surface area contributed by atoms with Gasteiger partial charge in [0, 0.05) is 17.3 Å². The van der Waals surface area contributed by atoms with Gasteiger partial charge < -0.3 is 10.6 Å². The van der Waals surface area contributed by atoms with Crippen LogP contribution in [0, 0.1) is 0 Å². The topological polar surface area (TPSA) is 87.3 Å². The predicted octanol–water partition coefficient (Wildman–Crippen LogP) is 3.92. The molecule has 9 heteroatoms. The van der Waals surface area contributed by atoms with E-state index in [1.807, 2.05) is 30.3 Å². The second-order valence-corrected chi connectivity index (χ2v) is 9.57. The maximum atomic E-state index is 12.5. The first-order valence-corrected chi connectivity index (χ1v) is 12.1. The number of rotatable bonds is 8. The summed E-state index contributed by atoms with van der Waals surface area (Å²) in [5, 5.41) is 6.20. The van der Waals surface area contributed by atoms with E-state index in [-0.39, 0.29) is 22.3 Å². The summed E-state index contributed by atoms with van der Waals surface area (Å²) in [7, 11) is -3.62. The van der Waals surface area contributed by atoms with Gasteiger partial charge in [0.25, 0.3) is 0 Å². The van der Waals surface area contributed by atoms with Crippen LogP contribution in [-0.2, 0) is 27.7 Å². The average molecular weight is 488 g/mol. The lowest BCUT2D eigenvalue weighted by molar-refractivity contribution is -0.119. The largest absolute Gasteiger partial charge is 0.332 e. The second kappa shape index (κ2) is 11.2. The third kappa shape index (κ3) is 7.42. The molecule has 0 aromatic heterocycles. The molecule has 3 aromatic carbocycles. The molecule has 3 rings (SSSR count). The minimum atomic E-state index is -3.62. The number of hydrogen-bond acceptors (Lipinski definition) is 4. The van der Waals surface area contributed by atoms with E-state index < -0.39 is 10.0 Å². The van der Waals surface area contributed by atoms with Crippen LogP contribution in [-0.4, -0.2) is 26.0 Å². The number of halogens is 1. The van der Waals surface area contributed by atoms with Crippen molar-refractivity contribution in [2.24, 2.45) is 0 Å². The van der Waals surface area contributed by atoms with Crippen LogP contribution in [0.1, 0.15) is 11.1 Å². The molecule has 0 radical (unpaired) electrons. The Labute approximate surface area is 198 Å². The van der Waals surface area contributed by atoms with Crippen molar-refractivity contribution in [3.63, 3.8) is 0 Å². The van der Waals surface area contributed by atoms with Gasteiger partial charge >= 0.3 is 0 Å². The molecule has 0 unspecified atom stereocenters. The number of thiocarbonyl (C=S) groups is 1. The van der Waals surface area contributed by atoms with Crippen LogP contribution in [0.15, 0.2) is 83.8 Å². The quantitative estimate of drug-likeness (QED) is 0.419. The van der Waals surface area contributed by atoms with Gasteiger partial charge in [-0.25, -0.2) is 13.1 Å². The van der Waals surface area contributed by atoms with E-state index in [2.05, 4.69) is 15.4 Å². The monoisotopic (exact) mass is 487 g/mol. The van der Waals surface area contributed by atoms with E-state index in [9.17, 15) is 13.2 Å². The van der Waals surface area contributed by atoms with Crippen molar-refractivity contribution in [1.82, 2.24) is 10.0 Å². The van der Waals surface area contributed by atoms with E-state index >= 15 is 0 Å². The first kappa shape index (κ1) is 23.9. The lowest BCUT2D eigenvalue weighted by Crippen LogP contribution is -2.35. The number of hydrogen-bond donors (Lipinski definition) is 3. The minimum Gasteiger partial charge on any atom is -0.332 e. The molecule has 0 bridgehead atoms. The molecule has 166 valence electrons. The Morgan fingerprint density at radius 2 is 1.53 bits per heavy atom. The number of sulfonamides is 1. The number of carbonyl (C=O) groups excluding carboxylic acids is 1. The molecule has 3 aromatic rings. The summed E-state index contributed by atoms with van der Waals surface area (Å²) in [6, 6.07) is 22.7. The summed E-state index contributed by atoms with van der Waals surface area (Å²) in [4.78, 5) is 12.3. The lowest BCUT2D eigenvalue weighted by atomic mass is 10.1. The summed E-state index contributed by atoms with van der Waals surface area (Å²) in [5.41, 5.74) is 2.43. The third-order valence-electron chi connectivity index (χ3n) is 4.50. The van der Waals surface area contributed by atoms with Crippen molar-refractivity contribution < 1.29 is 13.2 Å². The average Bonchev–Trinajstić information content (AvgIpc) is 2.76. The summed E-state index contributed by atoms with van der Waals surface area (Å²) < 4.78 is 27.5. The Bertz CT molecular complexity index is 1170. The van der Waals surface area contributed by atoms with Gasteiger partial charge in [0.1, 0.15) is 0 Å². The SMILES string of the molecule is O=C(Cc1ccc(Cl)cc1)NC(=S)Nc1ccc(S(=O)(=O)NCCc2ccccc2)cc1. The van der Waals surface area contributed by atoms with Crippen molar-refractivity contribution >= 4 is 50.5 Å². The highest BCUT2D eigenvalue weighted by Gasteiger charge is 2.13. The molecule has 0 atom stereocenters. The van der Waals surface area contributed by atoms with Gasteiger partial charge in [-0.3, -0.25) is 4.79 Å². The fourth-order valence-electron chi connectivity index (χ4n) is 2.90. The predicted molar refractivity (Wildman–Crippen MR) is 131 cm³/mol. The molecule has 0 fully saturated rings. The van der Waals surface area contributed by atoms with Crippen molar-refractivity contribution in [3.8, 4) is 0 Å². The summed E-state index contributed by atoms with van der Waals surface area (Å²) >= 11 is 11.0. The maximum absolute atomic E-state index is 12.5. The van der Waals surface area contributed by atoms with Crippen LogP contribution < -0.4 is 15.4 Å². The molecule has 0 saturated carbocycles. The van der Waals surface area contributed by atoms with Crippen LogP contribution in [0.2, 0.25) is 5.02 Å². The highest BCUT2D eigenvalue weighted by atomic mass is 35.5. The third-order valence-corrected chi connectivity index (χ3v) is 6.43. The van der Waals surface area contributed by atoms with Gasteiger partial charge in [-0.05, 0) is 66.2 Å². The van der Waals surface area contributed by atoms with Gasteiger partial charge in [0.15, 0.2) is 5.11 Å². The Morgan fingerprint density at radius 1 is 0.875 bits per heavy atom. The Morgan fingerprint density at radius 3 is 2.19 bits per heavy atom. The van der Waals surface area contributed by atoms with Crippen molar-refractivity contribution in [3.05, 3.63) is 95.0 Å². The number of anilines is 1. The highest BCUT2D eigenvalue weighted by Crippen LogP contribution is 2.14. The van der Waals surface area contributed by atoms with Gasteiger partial charge in [-0.2, -0.15) is 0 Å². The zero-order valence-electron chi connectivity index (χ0n) is 17.0. The molecule has 6 nitrogen and oxygen atoms in total. The zero-order valence-corrected chi connectivity index (χ0v) is 19.4. The summed E-state index contributed by atoms with van der Waals surface area (Å²) in [5.74, 6) is -0.272. The summed E-state index contributed by atoms with van der Waals surface area (Å²) in [6.07, 6.45) is 0.758. The molecule has 3 N–H and O–H groups in total. The second-order valence-electron chi connectivity index (χ2n) is 6.96. The van der Waals surface area contributed by atoms with E-state index in [1.54, 1.807) is 36.4 Å². The van der Waals surface area contributed by atoms with Crippen molar-refractivity contribution in [2.75, 3.05) is 11.9 Å². The lowest BCUT2D eigenvalue weighted by Gasteiger charge is -2.11. The van der Waals surface area contributed by atoms with Crippen molar-refractivity contribution in [1.29, 1.82) is 0 Å². The molecule has 0 aliphatic rings. The van der Waals surface area contributed by atoms with E-state index in [4.69, 9.17) is 23.8 Å². The maximum Gasteiger partial charge on any atom is 0.240 e. The Balaban J connectivity index is 1.49. The molecule has 0 aliphatic heterocycles. The van der Waals surface area contributed by atoms with Gasteiger partial charge in [-0.1, -0.05) is 54.1 Å². The number of nitrogens with one attached hydrogen (secondary N) is 3. The van der Waals surface area contributed by atoms with Crippen molar-refractivity contribution in [2.45, 2.75) is 17.7 Å². The zero-order chi connectivity index (χ0) is 23.0. The standard InChI is InChI=1S/C23H22ClN3O3S2/c24-19-8-6-18(7-9-19)16-22(28)27-23(31)26-20-10-12-21(13-11-20)32(29,30)25-15-14-17-4-2-1-3-5-17/h1-13,25H,14-16H2,(H2,26,27,28,31). The first-order chi connectivity index (χ1) is 15.3. The molecule has 32 heavy (non-hydrogen) atoms. The molecule has 0 spiro atoms. The summed E-state index contributed by atoms with van der Waals surface area (Å²) in [6.45, 7) is 0.302. The Hall–Kier alpha value is -2.78. The molecule has 0 aliphatic carbocycles. The van der Waals surface area contributed by atoms with E-state index in [0.717, 1.165) is 11.1 Å². The van der Waals surface area contributed by atoms with Crippen LogP contribution >= 0.6 is 23.8 Å². The smallest absolute Gasteiger partial charge is 0.240 e. The number of carbonyl (C=O) groups is 1. The van der Waals surface area contributed by atoms with Gasteiger partial charge in [0.2, 0.25) is 15.9 Å². The fraction of sp³-hybridized carbons (Fsp3) is 0.130. The van der Waals surface area contributed by atoms with Crippen LogP contribution in [0.3, 0.4) is 0 Å². The van der Waals surface area contributed by atoms with Crippen LogP contribution in [0.5, 0.6) is 0 Å². The first-order valence-electron chi connectivity index (χ1n) is 9.81. The molecule has 1 amide bonds. The fourth-order valence-corrected chi connectivity index (χ4v) is 4.29. The van der Waals surface area contributed by atoms with Crippen LogP contribution in [0.25, 0.3) is 0 Å². The minimum absolute atomic E-state index is 0.126. The van der Waals surface area contributed by atoms with E-state index in [0.29, 0.717) is 23.7 Å². The molecular formula is C23H22ClN3O3S2. The van der Waals surface area contributed by atoms with Crippen LogP contribution in [0.4, 0.5) is 5.69 Å². The van der Waals surface area contributed by atoms with Gasteiger partial charge in [0.05, 0.1) is 11.3 Å².